The number of thioether (sulfide) groups is 1. The van der Waals surface area contributed by atoms with E-state index in [1.807, 2.05) is 43.3 Å². The van der Waals surface area contributed by atoms with Crippen molar-refractivity contribution < 1.29 is 27.4 Å². The number of methoxy groups -OCH3 is 1. The topological polar surface area (TPSA) is 93.9 Å². The maximum atomic E-state index is 13.0. The normalized spacial score (nSPS) is 15.1. The van der Waals surface area contributed by atoms with E-state index in [0.29, 0.717) is 16.7 Å². The van der Waals surface area contributed by atoms with Crippen LogP contribution in [0.5, 0.6) is 11.5 Å². The standard InChI is InChI=1S/C34H37F3N6O3S/c1-22(2)29-20-28(45-4)16-17-30(29)42-18-5-19-47-33(42)40-32(44)39-23(3)6-7-24-8-10-25(11-9-24)31-38-21-43(41-31)26-12-14-27(15-13-26)46-34(35,36)37/h8-17,20-23H,5-7,18-19H2,1-4H3,(H,39,44). The first-order valence-electron chi connectivity index (χ1n) is 15.3. The quantitative estimate of drug-likeness (QED) is 0.183. The van der Waals surface area contributed by atoms with Gasteiger partial charge >= 0.3 is 12.4 Å². The number of halogens is 3. The van der Waals surface area contributed by atoms with Gasteiger partial charge in [0.2, 0.25) is 0 Å². The highest BCUT2D eigenvalue weighted by Gasteiger charge is 2.31. The summed E-state index contributed by atoms with van der Waals surface area (Å²) in [5.41, 5.74) is 4.64. The highest BCUT2D eigenvalue weighted by molar-refractivity contribution is 8.14. The number of aliphatic imine (C=N–C) groups is 1. The van der Waals surface area contributed by atoms with Gasteiger partial charge in [-0.05, 0) is 85.7 Å². The van der Waals surface area contributed by atoms with E-state index in [0.717, 1.165) is 59.7 Å². The van der Waals surface area contributed by atoms with Gasteiger partial charge in [-0.2, -0.15) is 4.99 Å². The number of ether oxygens (including phenoxy) is 2. The Labute approximate surface area is 276 Å². The van der Waals surface area contributed by atoms with Crippen molar-refractivity contribution in [3.63, 3.8) is 0 Å². The molecule has 2 heterocycles. The molecule has 47 heavy (non-hydrogen) atoms. The fourth-order valence-corrected chi connectivity index (χ4v) is 6.12. The van der Waals surface area contributed by atoms with Crippen molar-refractivity contribution in [3.8, 4) is 28.6 Å². The summed E-state index contributed by atoms with van der Waals surface area (Å²) >= 11 is 1.59. The number of hydrogen-bond acceptors (Lipinski definition) is 6. The molecule has 1 N–H and O–H groups in total. The van der Waals surface area contributed by atoms with Crippen LogP contribution in [-0.2, 0) is 6.42 Å². The SMILES string of the molecule is COc1ccc(N2CCCSC2=NC(=O)NC(C)CCc2ccc(-c3ncn(-c4ccc(OC(F)(F)F)cc4)n3)cc2)c(C(C)C)c1. The molecule has 1 atom stereocenters. The Morgan fingerprint density at radius 1 is 1.04 bits per heavy atom. The van der Waals surface area contributed by atoms with Crippen LogP contribution in [0.15, 0.2) is 78.0 Å². The van der Waals surface area contributed by atoms with Gasteiger partial charge in [-0.25, -0.2) is 14.5 Å². The van der Waals surface area contributed by atoms with E-state index in [9.17, 15) is 18.0 Å². The summed E-state index contributed by atoms with van der Waals surface area (Å²) in [6.07, 6.45) is -0.773. The lowest BCUT2D eigenvalue weighted by molar-refractivity contribution is -0.274. The van der Waals surface area contributed by atoms with E-state index in [2.05, 4.69) is 49.9 Å². The largest absolute Gasteiger partial charge is 0.573 e. The van der Waals surface area contributed by atoms with Crippen LogP contribution >= 0.6 is 11.8 Å². The third-order valence-corrected chi connectivity index (χ3v) is 8.67. The molecule has 4 aromatic rings. The fraction of sp³-hybridized carbons (Fsp3) is 0.353. The lowest BCUT2D eigenvalue weighted by Crippen LogP contribution is -2.38. The number of amidine groups is 1. The van der Waals surface area contributed by atoms with Crippen molar-refractivity contribution >= 4 is 28.6 Å². The Balaban J connectivity index is 1.16. The summed E-state index contributed by atoms with van der Waals surface area (Å²) in [6, 6.07) is 18.8. The second kappa shape index (κ2) is 14.9. The Kier molecular flexibility index (Phi) is 10.7. The summed E-state index contributed by atoms with van der Waals surface area (Å²) in [7, 11) is 1.66. The number of anilines is 1. The molecular formula is C34H37F3N6O3S. The van der Waals surface area contributed by atoms with Crippen molar-refractivity contribution in [1.29, 1.82) is 0 Å². The van der Waals surface area contributed by atoms with E-state index in [1.54, 1.807) is 18.9 Å². The summed E-state index contributed by atoms with van der Waals surface area (Å²) in [4.78, 5) is 23.9. The van der Waals surface area contributed by atoms with Gasteiger partial charge in [0.15, 0.2) is 11.0 Å². The molecule has 1 unspecified atom stereocenters. The molecular weight excluding hydrogens is 629 g/mol. The number of rotatable bonds is 10. The molecule has 13 heteroatoms. The molecule has 2 amide bonds. The van der Waals surface area contributed by atoms with Gasteiger partial charge in [-0.1, -0.05) is 49.9 Å². The van der Waals surface area contributed by atoms with Gasteiger partial charge in [0, 0.05) is 29.6 Å². The van der Waals surface area contributed by atoms with E-state index < -0.39 is 6.36 Å². The van der Waals surface area contributed by atoms with Crippen molar-refractivity contribution in [2.24, 2.45) is 4.99 Å². The summed E-state index contributed by atoms with van der Waals surface area (Å²) < 4.78 is 48.1. The van der Waals surface area contributed by atoms with Crippen LogP contribution < -0.4 is 19.7 Å². The first kappa shape index (κ1) is 33.8. The number of carbonyl (C=O) groups is 1. The second-order valence-corrected chi connectivity index (χ2v) is 12.5. The molecule has 0 spiro atoms. The molecule has 1 saturated heterocycles. The van der Waals surface area contributed by atoms with E-state index in [-0.39, 0.29) is 23.7 Å². The lowest BCUT2D eigenvalue weighted by Gasteiger charge is -2.32. The van der Waals surface area contributed by atoms with Gasteiger partial charge < -0.3 is 19.7 Å². The number of amides is 2. The molecule has 0 radical (unpaired) electrons. The molecule has 1 aliphatic rings. The summed E-state index contributed by atoms with van der Waals surface area (Å²) in [6.45, 7) is 7.05. The van der Waals surface area contributed by atoms with Crippen molar-refractivity contribution in [1.82, 2.24) is 20.1 Å². The minimum absolute atomic E-state index is 0.0916. The van der Waals surface area contributed by atoms with Crippen LogP contribution in [0.2, 0.25) is 0 Å². The zero-order valence-corrected chi connectivity index (χ0v) is 27.4. The molecule has 1 fully saturated rings. The van der Waals surface area contributed by atoms with Crippen LogP contribution in [0.3, 0.4) is 0 Å². The lowest BCUT2D eigenvalue weighted by atomic mass is 10.00. The second-order valence-electron chi connectivity index (χ2n) is 11.5. The smallest absolute Gasteiger partial charge is 0.497 e. The highest BCUT2D eigenvalue weighted by atomic mass is 32.2. The maximum Gasteiger partial charge on any atom is 0.573 e. The summed E-state index contributed by atoms with van der Waals surface area (Å²) in [5.74, 6) is 2.17. The number of nitrogens with zero attached hydrogens (tertiary/aromatic N) is 5. The van der Waals surface area contributed by atoms with E-state index in [1.165, 1.54) is 35.3 Å². The zero-order chi connectivity index (χ0) is 33.6. The number of benzene rings is 3. The molecule has 0 saturated carbocycles. The fourth-order valence-electron chi connectivity index (χ4n) is 5.17. The van der Waals surface area contributed by atoms with Crippen LogP contribution in [0.25, 0.3) is 17.1 Å². The average Bonchev–Trinajstić information content (AvgIpc) is 3.54. The Morgan fingerprint density at radius 2 is 1.77 bits per heavy atom. The van der Waals surface area contributed by atoms with Crippen molar-refractivity contribution in [2.75, 3.05) is 24.3 Å². The predicted octanol–water partition coefficient (Wildman–Crippen LogP) is 8.00. The molecule has 5 rings (SSSR count). The molecule has 0 aliphatic carbocycles. The number of alkyl halides is 3. The van der Waals surface area contributed by atoms with Crippen molar-refractivity contribution in [2.45, 2.75) is 58.4 Å². The molecule has 1 aliphatic heterocycles. The van der Waals surface area contributed by atoms with E-state index in [4.69, 9.17) is 4.74 Å². The zero-order valence-electron chi connectivity index (χ0n) is 26.6. The number of hydrogen-bond donors (Lipinski definition) is 1. The van der Waals surface area contributed by atoms with E-state index >= 15 is 0 Å². The van der Waals surface area contributed by atoms with Gasteiger partial charge in [-0.15, -0.1) is 18.3 Å². The number of nitrogens with one attached hydrogen (secondary N) is 1. The average molecular weight is 667 g/mol. The third-order valence-electron chi connectivity index (χ3n) is 7.61. The first-order chi connectivity index (χ1) is 22.5. The predicted molar refractivity (Wildman–Crippen MR) is 179 cm³/mol. The third kappa shape index (κ3) is 9.06. The van der Waals surface area contributed by atoms with Crippen LogP contribution in [0.4, 0.5) is 23.7 Å². The number of aryl methyl sites for hydroxylation is 1. The van der Waals surface area contributed by atoms with Crippen LogP contribution in [0, 0.1) is 0 Å². The molecule has 0 bridgehead atoms. The molecule has 3 aromatic carbocycles. The molecule has 248 valence electrons. The van der Waals surface area contributed by atoms with Gasteiger partial charge in [-0.3, -0.25) is 0 Å². The minimum atomic E-state index is -4.75. The van der Waals surface area contributed by atoms with Crippen molar-refractivity contribution in [3.05, 3.63) is 84.2 Å². The Hall–Kier alpha value is -4.52. The Morgan fingerprint density at radius 3 is 2.45 bits per heavy atom. The Bertz CT molecular complexity index is 1690. The number of aromatic nitrogens is 3. The summed E-state index contributed by atoms with van der Waals surface area (Å²) in [5, 5.41) is 8.18. The molecule has 1 aromatic heterocycles. The monoisotopic (exact) mass is 666 g/mol. The van der Waals surface area contributed by atoms with Gasteiger partial charge in [0.05, 0.1) is 12.8 Å². The first-order valence-corrected chi connectivity index (χ1v) is 16.3. The highest BCUT2D eigenvalue weighted by Crippen LogP contribution is 2.35. The van der Waals surface area contributed by atoms with Gasteiger partial charge in [0.25, 0.3) is 0 Å². The van der Waals surface area contributed by atoms with Gasteiger partial charge in [0.1, 0.15) is 17.8 Å². The number of carbonyl (C=O) groups excluding carboxylic acids is 1. The number of urea groups is 1. The van der Waals surface area contributed by atoms with Crippen LogP contribution in [0.1, 0.15) is 50.7 Å². The molecule has 9 nitrogen and oxygen atoms in total. The minimum Gasteiger partial charge on any atom is -0.497 e. The maximum absolute atomic E-state index is 13.0. The van der Waals surface area contributed by atoms with Crippen LogP contribution in [-0.4, -0.2) is 57.8 Å².